The van der Waals surface area contributed by atoms with Crippen molar-refractivity contribution in [2.75, 3.05) is 5.32 Å². The monoisotopic (exact) mass is 355 g/mol. The molecule has 0 atom stereocenters. The Balaban J connectivity index is 1.56. The van der Waals surface area contributed by atoms with Crippen molar-refractivity contribution in [2.45, 2.75) is 0 Å². The number of rotatable bonds is 5. The molecule has 1 heterocycles. The minimum Gasteiger partial charge on any atom is -0.455 e. The van der Waals surface area contributed by atoms with E-state index in [1.54, 1.807) is 23.0 Å². The van der Waals surface area contributed by atoms with Gasteiger partial charge in [-0.25, -0.2) is 4.68 Å². The number of hydrogen-bond acceptors (Lipinski definition) is 3. The summed E-state index contributed by atoms with van der Waals surface area (Å²) in [6.07, 6.45) is 3.53. The van der Waals surface area contributed by atoms with Crippen LogP contribution in [0.5, 0.6) is 11.5 Å². The van der Waals surface area contributed by atoms with Gasteiger partial charge in [-0.3, -0.25) is 4.79 Å². The van der Waals surface area contributed by atoms with E-state index in [4.69, 9.17) is 4.74 Å². The van der Waals surface area contributed by atoms with Gasteiger partial charge in [0.05, 0.1) is 11.4 Å². The molecule has 4 rings (SSSR count). The predicted molar refractivity (Wildman–Crippen MR) is 104 cm³/mol. The number of benzene rings is 3. The lowest BCUT2D eigenvalue weighted by molar-refractivity contribution is 0.102. The Bertz CT molecular complexity index is 1040. The zero-order valence-corrected chi connectivity index (χ0v) is 14.4. The van der Waals surface area contributed by atoms with Gasteiger partial charge in [0.1, 0.15) is 5.75 Å². The van der Waals surface area contributed by atoms with Gasteiger partial charge in [-0.05, 0) is 48.5 Å². The van der Waals surface area contributed by atoms with E-state index in [0.717, 1.165) is 5.69 Å². The van der Waals surface area contributed by atoms with Crippen molar-refractivity contribution in [3.63, 3.8) is 0 Å². The molecule has 5 heteroatoms. The van der Waals surface area contributed by atoms with Gasteiger partial charge in [0.25, 0.3) is 5.91 Å². The summed E-state index contributed by atoms with van der Waals surface area (Å²) in [7, 11) is 0. The van der Waals surface area contributed by atoms with Gasteiger partial charge in [0, 0.05) is 18.0 Å². The lowest BCUT2D eigenvalue weighted by Gasteiger charge is -2.12. The van der Waals surface area contributed by atoms with Crippen LogP contribution in [-0.2, 0) is 0 Å². The first-order chi connectivity index (χ1) is 13.3. The van der Waals surface area contributed by atoms with E-state index >= 15 is 0 Å². The molecule has 1 N–H and O–H groups in total. The molecule has 1 amide bonds. The van der Waals surface area contributed by atoms with Crippen molar-refractivity contribution in [3.8, 4) is 17.2 Å². The molecule has 3 aromatic carbocycles. The van der Waals surface area contributed by atoms with Gasteiger partial charge in [0.2, 0.25) is 0 Å². The molecule has 0 aliphatic rings. The number of para-hydroxylation sites is 3. The fourth-order valence-electron chi connectivity index (χ4n) is 2.68. The largest absolute Gasteiger partial charge is 0.455 e. The molecule has 5 nitrogen and oxygen atoms in total. The van der Waals surface area contributed by atoms with Crippen LogP contribution in [0.2, 0.25) is 0 Å². The van der Waals surface area contributed by atoms with Gasteiger partial charge < -0.3 is 10.1 Å². The fourth-order valence-corrected chi connectivity index (χ4v) is 2.68. The van der Waals surface area contributed by atoms with Crippen LogP contribution in [0, 0.1) is 0 Å². The second-order valence-electron chi connectivity index (χ2n) is 5.87. The SMILES string of the molecule is O=C(Nc1ccccc1Oc1ccccc1)c1cccc(-n2cccn2)c1. The van der Waals surface area contributed by atoms with Gasteiger partial charge >= 0.3 is 0 Å². The van der Waals surface area contributed by atoms with E-state index in [9.17, 15) is 4.79 Å². The van der Waals surface area contributed by atoms with Crippen LogP contribution in [0.3, 0.4) is 0 Å². The van der Waals surface area contributed by atoms with E-state index < -0.39 is 0 Å². The number of aromatic nitrogens is 2. The van der Waals surface area contributed by atoms with Crippen LogP contribution in [0.1, 0.15) is 10.4 Å². The highest BCUT2D eigenvalue weighted by atomic mass is 16.5. The number of nitrogens with zero attached hydrogens (tertiary/aromatic N) is 2. The molecule has 0 bridgehead atoms. The Labute approximate surface area is 156 Å². The third-order valence-electron chi connectivity index (χ3n) is 3.98. The molecular weight excluding hydrogens is 338 g/mol. The Morgan fingerprint density at radius 1 is 0.889 bits per heavy atom. The third-order valence-corrected chi connectivity index (χ3v) is 3.98. The number of amides is 1. The van der Waals surface area contributed by atoms with Crippen molar-refractivity contribution in [2.24, 2.45) is 0 Å². The summed E-state index contributed by atoms with van der Waals surface area (Å²) in [5.74, 6) is 1.08. The lowest BCUT2D eigenvalue weighted by Crippen LogP contribution is -2.13. The number of ether oxygens (including phenoxy) is 1. The van der Waals surface area contributed by atoms with Gasteiger partial charge in [-0.1, -0.05) is 36.4 Å². The number of carbonyl (C=O) groups excluding carboxylic acids is 1. The summed E-state index contributed by atoms with van der Waals surface area (Å²) in [5.41, 5.74) is 1.97. The Morgan fingerprint density at radius 3 is 2.52 bits per heavy atom. The molecule has 132 valence electrons. The molecule has 0 radical (unpaired) electrons. The minimum atomic E-state index is -0.215. The maximum absolute atomic E-state index is 12.7. The summed E-state index contributed by atoms with van der Waals surface area (Å²) in [6, 6.07) is 25.9. The molecular formula is C22H17N3O2. The van der Waals surface area contributed by atoms with E-state index in [-0.39, 0.29) is 5.91 Å². The third kappa shape index (κ3) is 3.88. The number of nitrogens with one attached hydrogen (secondary N) is 1. The molecule has 0 aliphatic heterocycles. The standard InChI is InChI=1S/C22H17N3O2/c26-22(17-8-6-9-18(16-17)25-15-7-14-23-25)24-20-12-4-5-13-21(20)27-19-10-2-1-3-11-19/h1-16H,(H,24,26). The lowest BCUT2D eigenvalue weighted by atomic mass is 10.2. The van der Waals surface area contributed by atoms with Crippen molar-refractivity contribution < 1.29 is 9.53 Å². The van der Waals surface area contributed by atoms with Crippen molar-refractivity contribution >= 4 is 11.6 Å². The number of carbonyl (C=O) groups is 1. The maximum atomic E-state index is 12.7. The zero-order chi connectivity index (χ0) is 18.5. The quantitative estimate of drug-likeness (QED) is 0.553. The topological polar surface area (TPSA) is 56.1 Å². The van der Waals surface area contributed by atoms with Crippen LogP contribution in [0.15, 0.2) is 97.3 Å². The molecule has 4 aromatic rings. The molecule has 1 aromatic heterocycles. The fraction of sp³-hybridized carbons (Fsp3) is 0. The second kappa shape index (κ2) is 7.58. The highest BCUT2D eigenvalue weighted by Gasteiger charge is 2.11. The first-order valence-corrected chi connectivity index (χ1v) is 8.53. The summed E-state index contributed by atoms with van der Waals surface area (Å²) in [4.78, 5) is 12.7. The van der Waals surface area contributed by atoms with Crippen LogP contribution >= 0.6 is 0 Å². The normalized spacial score (nSPS) is 10.4. The van der Waals surface area contributed by atoms with Crippen LogP contribution in [-0.4, -0.2) is 15.7 Å². The second-order valence-corrected chi connectivity index (χ2v) is 5.87. The molecule has 0 saturated carbocycles. The summed E-state index contributed by atoms with van der Waals surface area (Å²) in [6.45, 7) is 0. The average Bonchev–Trinajstić information content (AvgIpc) is 3.25. The molecule has 0 unspecified atom stereocenters. The van der Waals surface area contributed by atoms with E-state index in [0.29, 0.717) is 22.7 Å². The number of anilines is 1. The average molecular weight is 355 g/mol. The molecule has 0 saturated heterocycles. The van der Waals surface area contributed by atoms with Gasteiger partial charge in [-0.2, -0.15) is 5.10 Å². The first kappa shape index (κ1) is 16.6. The minimum absolute atomic E-state index is 0.215. The number of hydrogen-bond donors (Lipinski definition) is 1. The highest BCUT2D eigenvalue weighted by molar-refractivity contribution is 6.05. The Morgan fingerprint density at radius 2 is 1.70 bits per heavy atom. The van der Waals surface area contributed by atoms with Crippen LogP contribution < -0.4 is 10.1 Å². The van der Waals surface area contributed by atoms with Crippen LogP contribution in [0.25, 0.3) is 5.69 Å². The van der Waals surface area contributed by atoms with E-state index in [1.165, 1.54) is 0 Å². The summed E-state index contributed by atoms with van der Waals surface area (Å²) >= 11 is 0. The van der Waals surface area contributed by atoms with Gasteiger partial charge in [0.15, 0.2) is 5.75 Å². The summed E-state index contributed by atoms with van der Waals surface area (Å²) in [5, 5.41) is 7.12. The Kier molecular flexibility index (Phi) is 4.66. The smallest absolute Gasteiger partial charge is 0.255 e. The van der Waals surface area contributed by atoms with E-state index in [1.807, 2.05) is 79.0 Å². The van der Waals surface area contributed by atoms with Crippen molar-refractivity contribution in [1.29, 1.82) is 0 Å². The highest BCUT2D eigenvalue weighted by Crippen LogP contribution is 2.29. The molecule has 0 fully saturated rings. The molecule has 0 spiro atoms. The van der Waals surface area contributed by atoms with Gasteiger partial charge in [-0.15, -0.1) is 0 Å². The summed E-state index contributed by atoms with van der Waals surface area (Å²) < 4.78 is 7.61. The molecule has 0 aliphatic carbocycles. The molecule has 27 heavy (non-hydrogen) atoms. The predicted octanol–water partition coefficient (Wildman–Crippen LogP) is 4.92. The zero-order valence-electron chi connectivity index (χ0n) is 14.4. The maximum Gasteiger partial charge on any atom is 0.255 e. The Hall–Kier alpha value is -3.86. The first-order valence-electron chi connectivity index (χ1n) is 8.53. The van der Waals surface area contributed by atoms with Crippen molar-refractivity contribution in [1.82, 2.24) is 9.78 Å². The van der Waals surface area contributed by atoms with Crippen LogP contribution in [0.4, 0.5) is 5.69 Å². The van der Waals surface area contributed by atoms with E-state index in [2.05, 4.69) is 10.4 Å². The van der Waals surface area contributed by atoms with Crippen molar-refractivity contribution in [3.05, 3.63) is 103 Å².